The van der Waals surface area contributed by atoms with Crippen molar-refractivity contribution in [2.45, 2.75) is 50.7 Å². The van der Waals surface area contributed by atoms with E-state index in [1.165, 1.54) is 11.8 Å². The molecule has 5 nitrogen and oxygen atoms in total. The summed E-state index contributed by atoms with van der Waals surface area (Å²) in [6, 6.07) is 0.655. The van der Waals surface area contributed by atoms with Gasteiger partial charge >= 0.3 is 0 Å². The fourth-order valence-electron chi connectivity index (χ4n) is 1.66. The van der Waals surface area contributed by atoms with Gasteiger partial charge in [0, 0.05) is 12.1 Å². The first kappa shape index (κ1) is 13.3. The van der Waals surface area contributed by atoms with Gasteiger partial charge in [-0.25, -0.2) is 0 Å². The molecule has 1 aromatic heterocycles. The first-order valence-electron chi connectivity index (χ1n) is 6.25. The van der Waals surface area contributed by atoms with Crippen LogP contribution in [0.4, 0.5) is 5.69 Å². The highest BCUT2D eigenvalue weighted by atomic mass is 32.2. The molecule has 1 aromatic rings. The molecule has 1 amide bonds. The maximum atomic E-state index is 11.7. The van der Waals surface area contributed by atoms with Crippen LogP contribution in [0.5, 0.6) is 0 Å². The summed E-state index contributed by atoms with van der Waals surface area (Å²) in [7, 11) is 0. The second kappa shape index (κ2) is 5.22. The maximum absolute atomic E-state index is 11.7. The van der Waals surface area contributed by atoms with Gasteiger partial charge in [0.1, 0.15) is 5.03 Å². The molecule has 1 fully saturated rings. The summed E-state index contributed by atoms with van der Waals surface area (Å²) in [6.07, 6.45) is 2.23. The van der Waals surface area contributed by atoms with Crippen LogP contribution in [0.15, 0.2) is 5.03 Å². The van der Waals surface area contributed by atoms with E-state index in [1.54, 1.807) is 0 Å². The third-order valence-corrected chi connectivity index (χ3v) is 3.94. The number of thioether (sulfide) groups is 1. The number of nitrogen functional groups attached to an aromatic ring is 1. The van der Waals surface area contributed by atoms with Crippen LogP contribution in [0, 0.1) is 6.92 Å². The van der Waals surface area contributed by atoms with Gasteiger partial charge in [-0.1, -0.05) is 11.8 Å². The van der Waals surface area contributed by atoms with E-state index in [0.717, 1.165) is 23.6 Å². The largest absolute Gasteiger partial charge is 0.395 e. The Balaban J connectivity index is 2.00. The third-order valence-electron chi connectivity index (χ3n) is 2.86. The molecule has 0 bridgehead atoms. The summed E-state index contributed by atoms with van der Waals surface area (Å²) >= 11 is 1.46. The van der Waals surface area contributed by atoms with Gasteiger partial charge in [0.25, 0.3) is 0 Å². The maximum Gasteiger partial charge on any atom is 0.230 e. The minimum atomic E-state index is 0.0797. The molecule has 2 rings (SSSR count). The standard InChI is InChI=1S/C12H20N4OS/c1-7(2)16-12(11(13)8(3)15-16)18-6-10(17)14-9-4-5-9/h7,9H,4-6,13H2,1-3H3,(H,14,17). The van der Waals surface area contributed by atoms with Gasteiger partial charge in [-0.2, -0.15) is 5.10 Å². The van der Waals surface area contributed by atoms with Crippen molar-refractivity contribution in [1.29, 1.82) is 0 Å². The zero-order valence-corrected chi connectivity index (χ0v) is 11.9. The molecule has 1 aliphatic carbocycles. The number of anilines is 1. The Bertz CT molecular complexity index is 451. The monoisotopic (exact) mass is 268 g/mol. The van der Waals surface area contributed by atoms with Crippen LogP contribution < -0.4 is 11.1 Å². The van der Waals surface area contributed by atoms with Crippen LogP contribution >= 0.6 is 11.8 Å². The lowest BCUT2D eigenvalue weighted by atomic mass is 10.4. The Labute approximate surface area is 111 Å². The molecule has 1 saturated carbocycles. The van der Waals surface area contributed by atoms with Gasteiger partial charge in [-0.3, -0.25) is 9.48 Å². The number of carbonyl (C=O) groups is 1. The molecular weight excluding hydrogens is 248 g/mol. The van der Waals surface area contributed by atoms with E-state index in [9.17, 15) is 4.79 Å². The third kappa shape index (κ3) is 2.98. The summed E-state index contributed by atoms with van der Waals surface area (Å²) in [5.74, 6) is 0.481. The van der Waals surface area contributed by atoms with E-state index in [4.69, 9.17) is 5.73 Å². The second-order valence-electron chi connectivity index (χ2n) is 4.97. The summed E-state index contributed by atoms with van der Waals surface area (Å²) in [4.78, 5) is 11.7. The SMILES string of the molecule is Cc1nn(C(C)C)c(SCC(=O)NC2CC2)c1N. The summed E-state index contributed by atoms with van der Waals surface area (Å²) in [6.45, 7) is 6.00. The van der Waals surface area contributed by atoms with Crippen molar-refractivity contribution in [1.82, 2.24) is 15.1 Å². The normalized spacial score (nSPS) is 15.1. The van der Waals surface area contributed by atoms with Crippen molar-refractivity contribution in [3.63, 3.8) is 0 Å². The number of hydrogen-bond donors (Lipinski definition) is 2. The minimum Gasteiger partial charge on any atom is -0.395 e. The van der Waals surface area contributed by atoms with Crippen LogP contribution in [0.1, 0.15) is 38.4 Å². The van der Waals surface area contributed by atoms with E-state index in [1.807, 2.05) is 11.6 Å². The van der Waals surface area contributed by atoms with Crippen molar-refractivity contribution < 1.29 is 4.79 Å². The lowest BCUT2D eigenvalue weighted by Gasteiger charge is -2.10. The number of aromatic nitrogens is 2. The lowest BCUT2D eigenvalue weighted by molar-refractivity contribution is -0.118. The Morgan fingerprint density at radius 2 is 2.28 bits per heavy atom. The molecule has 0 atom stereocenters. The lowest BCUT2D eigenvalue weighted by Crippen LogP contribution is -2.27. The minimum absolute atomic E-state index is 0.0797. The molecule has 0 aromatic carbocycles. The molecule has 100 valence electrons. The molecule has 6 heteroatoms. The number of hydrogen-bond acceptors (Lipinski definition) is 4. The van der Waals surface area contributed by atoms with E-state index in [-0.39, 0.29) is 11.9 Å². The van der Waals surface area contributed by atoms with E-state index >= 15 is 0 Å². The van der Waals surface area contributed by atoms with Crippen LogP contribution in [0.2, 0.25) is 0 Å². The molecule has 0 spiro atoms. The second-order valence-corrected chi connectivity index (χ2v) is 5.94. The zero-order valence-electron chi connectivity index (χ0n) is 11.1. The highest BCUT2D eigenvalue weighted by molar-refractivity contribution is 8.00. The number of nitrogens with one attached hydrogen (secondary N) is 1. The van der Waals surface area contributed by atoms with Gasteiger partial charge in [0.15, 0.2) is 0 Å². The predicted octanol–water partition coefficient (Wildman–Crippen LogP) is 1.73. The first-order valence-corrected chi connectivity index (χ1v) is 7.24. The van der Waals surface area contributed by atoms with Crippen LogP contribution in [-0.4, -0.2) is 27.5 Å². The summed E-state index contributed by atoms with van der Waals surface area (Å²) in [5.41, 5.74) is 7.52. The number of rotatable bonds is 5. The van der Waals surface area contributed by atoms with Crippen molar-refractivity contribution in [3.8, 4) is 0 Å². The van der Waals surface area contributed by atoms with Gasteiger partial charge in [0.05, 0.1) is 17.1 Å². The molecule has 1 aliphatic rings. The molecule has 0 unspecified atom stereocenters. The first-order chi connectivity index (χ1) is 8.49. The quantitative estimate of drug-likeness (QED) is 0.798. The van der Waals surface area contributed by atoms with Gasteiger partial charge in [0.2, 0.25) is 5.91 Å². The van der Waals surface area contributed by atoms with Crippen molar-refractivity contribution in [2.75, 3.05) is 11.5 Å². The molecule has 1 heterocycles. The number of nitrogens with two attached hydrogens (primary N) is 1. The number of aryl methyl sites for hydroxylation is 1. The van der Waals surface area contributed by atoms with E-state index < -0.39 is 0 Å². The van der Waals surface area contributed by atoms with Crippen LogP contribution in [-0.2, 0) is 4.79 Å². The highest BCUT2D eigenvalue weighted by Crippen LogP contribution is 2.30. The Hall–Kier alpha value is -1.17. The Morgan fingerprint density at radius 3 is 2.83 bits per heavy atom. The highest BCUT2D eigenvalue weighted by Gasteiger charge is 2.24. The molecule has 0 radical (unpaired) electrons. The summed E-state index contributed by atoms with van der Waals surface area (Å²) < 4.78 is 1.89. The number of nitrogens with zero attached hydrogens (tertiary/aromatic N) is 2. The van der Waals surface area contributed by atoms with E-state index in [0.29, 0.717) is 17.5 Å². The number of carbonyl (C=O) groups excluding carboxylic acids is 1. The van der Waals surface area contributed by atoms with Crippen molar-refractivity contribution in [2.24, 2.45) is 0 Å². The Morgan fingerprint density at radius 1 is 1.61 bits per heavy atom. The van der Waals surface area contributed by atoms with Gasteiger partial charge in [-0.05, 0) is 33.6 Å². The average Bonchev–Trinajstić information content (AvgIpc) is 3.05. The fraction of sp³-hybridized carbons (Fsp3) is 0.667. The predicted molar refractivity (Wildman–Crippen MR) is 73.7 cm³/mol. The fourth-order valence-corrected chi connectivity index (χ4v) is 2.70. The zero-order chi connectivity index (χ0) is 13.3. The van der Waals surface area contributed by atoms with Crippen molar-refractivity contribution >= 4 is 23.4 Å². The van der Waals surface area contributed by atoms with Crippen LogP contribution in [0.25, 0.3) is 0 Å². The molecule has 0 saturated heterocycles. The molecule has 18 heavy (non-hydrogen) atoms. The average molecular weight is 268 g/mol. The smallest absolute Gasteiger partial charge is 0.230 e. The van der Waals surface area contributed by atoms with Crippen LogP contribution in [0.3, 0.4) is 0 Å². The number of amides is 1. The van der Waals surface area contributed by atoms with Crippen molar-refractivity contribution in [3.05, 3.63) is 5.69 Å². The Kier molecular flexibility index (Phi) is 3.85. The van der Waals surface area contributed by atoms with Gasteiger partial charge < -0.3 is 11.1 Å². The molecule has 3 N–H and O–H groups in total. The van der Waals surface area contributed by atoms with E-state index in [2.05, 4.69) is 24.3 Å². The molecular formula is C12H20N4OS. The topological polar surface area (TPSA) is 72.9 Å². The molecule has 0 aliphatic heterocycles. The summed E-state index contributed by atoms with van der Waals surface area (Å²) in [5, 5.41) is 8.27. The van der Waals surface area contributed by atoms with Gasteiger partial charge in [-0.15, -0.1) is 0 Å².